The zero-order valence-corrected chi connectivity index (χ0v) is 8.08. The molecule has 0 bridgehead atoms. The van der Waals surface area contributed by atoms with Crippen LogP contribution in [0.15, 0.2) is 12.3 Å². The van der Waals surface area contributed by atoms with Crippen LogP contribution in [0.1, 0.15) is 11.1 Å². The van der Waals surface area contributed by atoms with E-state index in [-0.39, 0.29) is 0 Å². The molecule has 0 saturated heterocycles. The summed E-state index contributed by atoms with van der Waals surface area (Å²) in [6.45, 7) is 2.10. The smallest absolute Gasteiger partial charge is 0.216 e. The van der Waals surface area contributed by atoms with Crippen molar-refractivity contribution in [2.24, 2.45) is 0 Å². The van der Waals surface area contributed by atoms with Crippen LogP contribution in [0.2, 0.25) is 0 Å². The average molecular weight is 178 g/mol. The van der Waals surface area contributed by atoms with E-state index in [1.165, 1.54) is 11.1 Å². The first-order valence-electron chi connectivity index (χ1n) is 4.50. The maximum absolute atomic E-state index is 5.22. The summed E-state index contributed by atoms with van der Waals surface area (Å²) in [4.78, 5) is 6.50. The fourth-order valence-electron chi connectivity index (χ4n) is 1.77. The Hall–Kier alpha value is -1.09. The first-order valence-corrected chi connectivity index (χ1v) is 4.50. The minimum Gasteiger partial charge on any atom is -0.481 e. The molecule has 0 radical (unpaired) electrons. The van der Waals surface area contributed by atoms with Crippen LogP contribution < -0.4 is 4.74 Å². The standard InChI is InChI=1S/C10H14N2O/c1-12-6-4-9-8(7-12)3-5-11-10(9)13-2/h3,5H,4,6-7H2,1-2H3. The molecule has 2 rings (SSSR count). The topological polar surface area (TPSA) is 25.4 Å². The molecule has 0 aromatic carbocycles. The van der Waals surface area contributed by atoms with Crippen molar-refractivity contribution in [2.45, 2.75) is 13.0 Å². The van der Waals surface area contributed by atoms with Gasteiger partial charge in [-0.05, 0) is 25.1 Å². The lowest BCUT2D eigenvalue weighted by Crippen LogP contribution is -2.27. The zero-order valence-electron chi connectivity index (χ0n) is 8.08. The van der Waals surface area contributed by atoms with Crippen molar-refractivity contribution in [3.8, 4) is 5.88 Å². The summed E-state index contributed by atoms with van der Waals surface area (Å²) < 4.78 is 5.22. The van der Waals surface area contributed by atoms with Crippen LogP contribution in [0.4, 0.5) is 0 Å². The number of methoxy groups -OCH3 is 1. The highest BCUT2D eigenvalue weighted by atomic mass is 16.5. The molecule has 2 heterocycles. The van der Waals surface area contributed by atoms with E-state index in [0.717, 1.165) is 25.4 Å². The van der Waals surface area contributed by atoms with Gasteiger partial charge in [0.2, 0.25) is 5.88 Å². The summed E-state index contributed by atoms with van der Waals surface area (Å²) in [6.07, 6.45) is 2.86. The molecule has 0 unspecified atom stereocenters. The first-order chi connectivity index (χ1) is 6.31. The summed E-state index contributed by atoms with van der Waals surface area (Å²) in [6, 6.07) is 2.08. The van der Waals surface area contributed by atoms with Crippen LogP contribution in [0.25, 0.3) is 0 Å². The number of hydrogen-bond acceptors (Lipinski definition) is 3. The number of fused-ring (bicyclic) bond motifs is 1. The molecule has 1 aliphatic heterocycles. The largest absolute Gasteiger partial charge is 0.481 e. The number of likely N-dealkylation sites (N-methyl/N-ethyl adjacent to an activating group) is 1. The highest BCUT2D eigenvalue weighted by molar-refractivity contribution is 5.36. The fourth-order valence-corrected chi connectivity index (χ4v) is 1.77. The third-order valence-corrected chi connectivity index (χ3v) is 2.49. The Balaban J connectivity index is 2.39. The first kappa shape index (κ1) is 8.51. The van der Waals surface area contributed by atoms with Crippen molar-refractivity contribution in [1.82, 2.24) is 9.88 Å². The van der Waals surface area contributed by atoms with E-state index in [4.69, 9.17) is 4.74 Å². The minimum absolute atomic E-state index is 0.797. The van der Waals surface area contributed by atoms with Gasteiger partial charge in [-0.3, -0.25) is 0 Å². The number of pyridine rings is 1. The number of aromatic nitrogens is 1. The fraction of sp³-hybridized carbons (Fsp3) is 0.500. The van der Waals surface area contributed by atoms with Crippen molar-refractivity contribution in [2.75, 3.05) is 20.7 Å². The molecule has 1 aromatic rings. The molecule has 0 fully saturated rings. The summed E-state index contributed by atoms with van der Waals surface area (Å²) in [5.41, 5.74) is 2.63. The Bertz CT molecular complexity index is 312. The van der Waals surface area contributed by atoms with Gasteiger partial charge in [-0.1, -0.05) is 0 Å². The van der Waals surface area contributed by atoms with Crippen LogP contribution >= 0.6 is 0 Å². The van der Waals surface area contributed by atoms with Gasteiger partial charge in [-0.25, -0.2) is 4.98 Å². The van der Waals surface area contributed by atoms with Gasteiger partial charge in [0.1, 0.15) is 0 Å². The van der Waals surface area contributed by atoms with Crippen LogP contribution in [0.3, 0.4) is 0 Å². The minimum atomic E-state index is 0.797. The normalized spacial score (nSPS) is 16.8. The quantitative estimate of drug-likeness (QED) is 0.643. The Morgan fingerprint density at radius 1 is 1.54 bits per heavy atom. The number of rotatable bonds is 1. The van der Waals surface area contributed by atoms with E-state index in [2.05, 4.69) is 23.0 Å². The molecule has 3 heteroatoms. The molecule has 0 saturated carbocycles. The summed E-state index contributed by atoms with van der Waals surface area (Å²) in [7, 11) is 3.82. The van der Waals surface area contributed by atoms with Gasteiger partial charge in [0.15, 0.2) is 0 Å². The highest BCUT2D eigenvalue weighted by Crippen LogP contribution is 2.24. The average Bonchev–Trinajstić information content (AvgIpc) is 2.16. The molecule has 1 aromatic heterocycles. The van der Waals surface area contributed by atoms with Crippen LogP contribution in [-0.4, -0.2) is 30.6 Å². The Labute approximate surface area is 78.3 Å². The van der Waals surface area contributed by atoms with Crippen molar-refractivity contribution in [3.63, 3.8) is 0 Å². The predicted molar refractivity (Wildman–Crippen MR) is 50.8 cm³/mol. The van der Waals surface area contributed by atoms with Crippen LogP contribution in [-0.2, 0) is 13.0 Å². The lowest BCUT2D eigenvalue weighted by atomic mass is 10.0. The van der Waals surface area contributed by atoms with Crippen LogP contribution in [0, 0.1) is 0 Å². The van der Waals surface area contributed by atoms with E-state index in [9.17, 15) is 0 Å². The second-order valence-corrected chi connectivity index (χ2v) is 3.45. The molecule has 0 N–H and O–H groups in total. The molecule has 0 spiro atoms. The molecule has 0 aliphatic carbocycles. The maximum Gasteiger partial charge on any atom is 0.216 e. The highest BCUT2D eigenvalue weighted by Gasteiger charge is 2.16. The number of nitrogens with zero attached hydrogens (tertiary/aromatic N) is 2. The van der Waals surface area contributed by atoms with E-state index in [1.54, 1.807) is 7.11 Å². The molecular formula is C10H14N2O. The number of hydrogen-bond donors (Lipinski definition) is 0. The molecule has 1 aliphatic rings. The third-order valence-electron chi connectivity index (χ3n) is 2.49. The zero-order chi connectivity index (χ0) is 9.26. The van der Waals surface area contributed by atoms with Crippen LogP contribution in [0.5, 0.6) is 5.88 Å². The summed E-state index contributed by atoms with van der Waals surface area (Å²) >= 11 is 0. The van der Waals surface area contributed by atoms with Gasteiger partial charge in [-0.2, -0.15) is 0 Å². The summed E-state index contributed by atoms with van der Waals surface area (Å²) in [5, 5.41) is 0. The van der Waals surface area contributed by atoms with Crippen molar-refractivity contribution in [1.29, 1.82) is 0 Å². The molecule has 70 valence electrons. The van der Waals surface area contributed by atoms with E-state index < -0.39 is 0 Å². The van der Waals surface area contributed by atoms with E-state index in [0.29, 0.717) is 0 Å². The van der Waals surface area contributed by atoms with Gasteiger partial charge in [0, 0.05) is 24.8 Å². The molecule has 0 amide bonds. The Morgan fingerprint density at radius 2 is 2.38 bits per heavy atom. The monoisotopic (exact) mass is 178 g/mol. The van der Waals surface area contributed by atoms with E-state index in [1.807, 2.05) is 6.20 Å². The van der Waals surface area contributed by atoms with Gasteiger partial charge >= 0.3 is 0 Å². The lowest BCUT2D eigenvalue weighted by molar-refractivity contribution is 0.304. The van der Waals surface area contributed by atoms with Gasteiger partial charge in [-0.15, -0.1) is 0 Å². The third kappa shape index (κ3) is 1.52. The Morgan fingerprint density at radius 3 is 3.15 bits per heavy atom. The van der Waals surface area contributed by atoms with Gasteiger partial charge < -0.3 is 9.64 Å². The summed E-state index contributed by atoms with van der Waals surface area (Å²) in [5.74, 6) is 0.797. The SMILES string of the molecule is COc1nccc2c1CCN(C)C2. The van der Waals surface area contributed by atoms with Crippen molar-refractivity contribution in [3.05, 3.63) is 23.4 Å². The van der Waals surface area contributed by atoms with E-state index >= 15 is 0 Å². The Kier molecular flexibility index (Phi) is 2.19. The molecule has 0 atom stereocenters. The molecular weight excluding hydrogens is 164 g/mol. The maximum atomic E-state index is 5.22. The predicted octanol–water partition coefficient (Wildman–Crippen LogP) is 1.08. The second kappa shape index (κ2) is 3.34. The van der Waals surface area contributed by atoms with Gasteiger partial charge in [0.25, 0.3) is 0 Å². The number of ether oxygens (including phenoxy) is 1. The lowest BCUT2D eigenvalue weighted by Gasteiger charge is -2.25. The molecule has 3 nitrogen and oxygen atoms in total. The molecule has 13 heavy (non-hydrogen) atoms. The second-order valence-electron chi connectivity index (χ2n) is 3.45. The van der Waals surface area contributed by atoms with Crippen molar-refractivity contribution < 1.29 is 4.74 Å². The van der Waals surface area contributed by atoms with Crippen molar-refractivity contribution >= 4 is 0 Å². The van der Waals surface area contributed by atoms with Gasteiger partial charge in [0.05, 0.1) is 7.11 Å².